The second kappa shape index (κ2) is 5.25. The van der Waals surface area contributed by atoms with Gasteiger partial charge in [-0.05, 0) is 58.7 Å². The molecule has 1 aliphatic heterocycles. The predicted octanol–water partition coefficient (Wildman–Crippen LogP) is 1.53. The van der Waals surface area contributed by atoms with Crippen LogP contribution in [0.3, 0.4) is 0 Å². The number of hydrogen-bond donors (Lipinski definition) is 1. The maximum Gasteiger partial charge on any atom is 0.0329 e. The summed E-state index contributed by atoms with van der Waals surface area (Å²) in [4.78, 5) is 5.17. The Morgan fingerprint density at radius 1 is 1.35 bits per heavy atom. The molecule has 3 heteroatoms. The highest BCUT2D eigenvalue weighted by molar-refractivity contribution is 5.00. The van der Waals surface area contributed by atoms with Crippen LogP contribution in [0.5, 0.6) is 0 Å². The van der Waals surface area contributed by atoms with Gasteiger partial charge in [-0.15, -0.1) is 0 Å². The molecule has 2 aliphatic rings. The van der Waals surface area contributed by atoms with E-state index >= 15 is 0 Å². The topological polar surface area (TPSA) is 32.5 Å². The SMILES string of the molecule is CCN1CCCC1CN(C)C(C)(CN)C1CC1. The lowest BCUT2D eigenvalue weighted by atomic mass is 9.93. The molecule has 0 radical (unpaired) electrons. The molecule has 1 saturated heterocycles. The van der Waals surface area contributed by atoms with Gasteiger partial charge in [0, 0.05) is 24.7 Å². The Balaban J connectivity index is 1.93. The van der Waals surface area contributed by atoms with Crippen LogP contribution in [-0.2, 0) is 0 Å². The first-order valence-electron chi connectivity index (χ1n) is 7.27. The van der Waals surface area contributed by atoms with Crippen molar-refractivity contribution in [3.8, 4) is 0 Å². The van der Waals surface area contributed by atoms with E-state index in [-0.39, 0.29) is 5.54 Å². The van der Waals surface area contributed by atoms with Crippen molar-refractivity contribution in [1.29, 1.82) is 0 Å². The third-order valence-corrected chi connectivity index (χ3v) is 5.13. The zero-order valence-corrected chi connectivity index (χ0v) is 11.8. The normalized spacial score (nSPS) is 29.8. The fourth-order valence-electron chi connectivity index (χ4n) is 3.38. The number of nitrogens with two attached hydrogens (primary N) is 1. The summed E-state index contributed by atoms with van der Waals surface area (Å²) in [5.41, 5.74) is 6.27. The van der Waals surface area contributed by atoms with Gasteiger partial charge in [-0.3, -0.25) is 9.80 Å². The van der Waals surface area contributed by atoms with Gasteiger partial charge in [0.05, 0.1) is 0 Å². The summed E-state index contributed by atoms with van der Waals surface area (Å²) >= 11 is 0. The van der Waals surface area contributed by atoms with Crippen LogP contribution < -0.4 is 5.73 Å². The van der Waals surface area contributed by atoms with Gasteiger partial charge < -0.3 is 5.73 Å². The van der Waals surface area contributed by atoms with Crippen molar-refractivity contribution < 1.29 is 0 Å². The fourth-order valence-corrected chi connectivity index (χ4v) is 3.38. The molecule has 2 rings (SSSR count). The smallest absolute Gasteiger partial charge is 0.0329 e. The standard InChI is InChI=1S/C14H29N3/c1-4-17-9-5-6-13(17)10-16(3)14(2,11-15)12-7-8-12/h12-13H,4-11,15H2,1-3H3. The van der Waals surface area contributed by atoms with Crippen molar-refractivity contribution in [3.05, 3.63) is 0 Å². The lowest BCUT2D eigenvalue weighted by molar-refractivity contribution is 0.0867. The minimum atomic E-state index is 0.238. The Morgan fingerprint density at radius 2 is 2.06 bits per heavy atom. The van der Waals surface area contributed by atoms with E-state index in [4.69, 9.17) is 5.73 Å². The molecule has 0 aromatic carbocycles. The van der Waals surface area contributed by atoms with Crippen LogP contribution in [0, 0.1) is 5.92 Å². The van der Waals surface area contributed by atoms with Crippen molar-refractivity contribution in [2.75, 3.05) is 33.2 Å². The Hall–Kier alpha value is -0.120. The molecular weight excluding hydrogens is 210 g/mol. The van der Waals surface area contributed by atoms with E-state index in [2.05, 4.69) is 30.7 Å². The van der Waals surface area contributed by atoms with Crippen LogP contribution in [-0.4, -0.2) is 54.6 Å². The average Bonchev–Trinajstić information content (AvgIpc) is 3.10. The summed E-state index contributed by atoms with van der Waals surface area (Å²) in [6, 6.07) is 0.759. The highest BCUT2D eigenvalue weighted by Crippen LogP contribution is 2.42. The number of likely N-dealkylation sites (tertiary alicyclic amines) is 1. The van der Waals surface area contributed by atoms with Gasteiger partial charge in [0.2, 0.25) is 0 Å². The highest BCUT2D eigenvalue weighted by atomic mass is 15.3. The number of likely N-dealkylation sites (N-methyl/N-ethyl adjacent to an activating group) is 2. The van der Waals surface area contributed by atoms with Crippen LogP contribution in [0.4, 0.5) is 0 Å². The number of hydrogen-bond acceptors (Lipinski definition) is 3. The molecule has 1 saturated carbocycles. The average molecular weight is 239 g/mol. The van der Waals surface area contributed by atoms with E-state index in [1.54, 1.807) is 0 Å². The third-order valence-electron chi connectivity index (χ3n) is 5.13. The van der Waals surface area contributed by atoms with E-state index < -0.39 is 0 Å². The Morgan fingerprint density at radius 3 is 2.59 bits per heavy atom. The zero-order valence-electron chi connectivity index (χ0n) is 11.8. The molecule has 0 aromatic heterocycles. The molecule has 17 heavy (non-hydrogen) atoms. The Labute approximate surface area is 106 Å². The van der Waals surface area contributed by atoms with Crippen LogP contribution in [0.1, 0.15) is 39.5 Å². The Bertz CT molecular complexity index is 252. The van der Waals surface area contributed by atoms with Crippen molar-refractivity contribution in [3.63, 3.8) is 0 Å². The fraction of sp³-hybridized carbons (Fsp3) is 1.00. The van der Waals surface area contributed by atoms with Crippen molar-refractivity contribution in [1.82, 2.24) is 9.80 Å². The van der Waals surface area contributed by atoms with E-state index in [9.17, 15) is 0 Å². The maximum absolute atomic E-state index is 6.04. The van der Waals surface area contributed by atoms with Gasteiger partial charge in [0.15, 0.2) is 0 Å². The molecule has 1 aliphatic carbocycles. The summed E-state index contributed by atoms with van der Waals surface area (Å²) < 4.78 is 0. The van der Waals surface area contributed by atoms with Gasteiger partial charge in [0.25, 0.3) is 0 Å². The second-order valence-corrected chi connectivity index (χ2v) is 6.14. The first kappa shape index (κ1) is 13.3. The first-order chi connectivity index (χ1) is 8.11. The van der Waals surface area contributed by atoms with Gasteiger partial charge >= 0.3 is 0 Å². The van der Waals surface area contributed by atoms with Gasteiger partial charge in [-0.25, -0.2) is 0 Å². The van der Waals surface area contributed by atoms with Gasteiger partial charge in [-0.2, -0.15) is 0 Å². The summed E-state index contributed by atoms with van der Waals surface area (Å²) in [5.74, 6) is 0.842. The summed E-state index contributed by atoms with van der Waals surface area (Å²) in [6.07, 6.45) is 5.49. The summed E-state index contributed by atoms with van der Waals surface area (Å²) in [7, 11) is 2.28. The second-order valence-electron chi connectivity index (χ2n) is 6.14. The van der Waals surface area contributed by atoms with Crippen LogP contribution in [0.25, 0.3) is 0 Å². The lowest BCUT2D eigenvalue weighted by Crippen LogP contribution is -2.55. The largest absolute Gasteiger partial charge is 0.329 e. The molecule has 2 N–H and O–H groups in total. The van der Waals surface area contributed by atoms with E-state index in [1.807, 2.05) is 0 Å². The third kappa shape index (κ3) is 2.67. The van der Waals surface area contributed by atoms with Crippen LogP contribution in [0.15, 0.2) is 0 Å². The summed E-state index contributed by atoms with van der Waals surface area (Å²) in [5, 5.41) is 0. The monoisotopic (exact) mass is 239 g/mol. The molecule has 100 valence electrons. The quantitative estimate of drug-likeness (QED) is 0.763. The minimum Gasteiger partial charge on any atom is -0.329 e. The Kier molecular flexibility index (Phi) is 4.11. The van der Waals surface area contributed by atoms with E-state index in [1.165, 1.54) is 45.3 Å². The molecule has 2 unspecified atom stereocenters. The number of rotatable bonds is 6. The highest BCUT2D eigenvalue weighted by Gasteiger charge is 2.44. The van der Waals surface area contributed by atoms with Crippen LogP contribution >= 0.6 is 0 Å². The van der Waals surface area contributed by atoms with E-state index in [0.717, 1.165) is 18.5 Å². The molecule has 0 bridgehead atoms. The molecule has 2 atom stereocenters. The molecule has 0 amide bonds. The summed E-state index contributed by atoms with van der Waals surface area (Å²) in [6.45, 7) is 9.11. The van der Waals surface area contributed by atoms with Crippen molar-refractivity contribution in [2.24, 2.45) is 11.7 Å². The molecular formula is C14H29N3. The minimum absolute atomic E-state index is 0.238. The van der Waals surface area contributed by atoms with Crippen molar-refractivity contribution >= 4 is 0 Å². The predicted molar refractivity (Wildman–Crippen MR) is 73.1 cm³/mol. The molecule has 1 heterocycles. The van der Waals surface area contributed by atoms with Crippen molar-refractivity contribution in [2.45, 2.75) is 51.1 Å². The van der Waals surface area contributed by atoms with Crippen LogP contribution in [0.2, 0.25) is 0 Å². The number of nitrogens with zero attached hydrogens (tertiary/aromatic N) is 2. The zero-order chi connectivity index (χ0) is 12.5. The molecule has 2 fully saturated rings. The van der Waals surface area contributed by atoms with E-state index in [0.29, 0.717) is 0 Å². The van der Waals surface area contributed by atoms with Gasteiger partial charge in [-0.1, -0.05) is 6.92 Å². The maximum atomic E-state index is 6.04. The molecule has 0 aromatic rings. The molecule has 0 spiro atoms. The lowest BCUT2D eigenvalue weighted by Gasteiger charge is -2.41. The van der Waals surface area contributed by atoms with Gasteiger partial charge in [0.1, 0.15) is 0 Å². The first-order valence-corrected chi connectivity index (χ1v) is 7.27. The molecule has 3 nitrogen and oxygen atoms in total.